The van der Waals surface area contributed by atoms with Crippen LogP contribution in [0, 0.1) is 0 Å². The number of halogens is 1. The van der Waals surface area contributed by atoms with Crippen LogP contribution >= 0.6 is 11.6 Å². The summed E-state index contributed by atoms with van der Waals surface area (Å²) in [6.45, 7) is 0.0670. The normalized spacial score (nSPS) is 14.0. The van der Waals surface area contributed by atoms with E-state index in [1.54, 1.807) is 72.8 Å². The molecule has 1 heterocycles. The molecule has 9 nitrogen and oxygen atoms in total. The lowest BCUT2D eigenvalue weighted by Gasteiger charge is -2.26. The van der Waals surface area contributed by atoms with Crippen molar-refractivity contribution in [2.24, 2.45) is 0 Å². The number of hydrogen-bond acceptors (Lipinski definition) is 6. The van der Waals surface area contributed by atoms with Crippen molar-refractivity contribution in [1.82, 2.24) is 5.32 Å². The third-order valence-electron chi connectivity index (χ3n) is 6.13. The number of nitrogens with zero attached hydrogens (tertiary/aromatic N) is 1. The highest BCUT2D eigenvalue weighted by Gasteiger charge is 2.36. The van der Waals surface area contributed by atoms with Gasteiger partial charge >= 0.3 is 6.03 Å². The van der Waals surface area contributed by atoms with Crippen LogP contribution in [0.2, 0.25) is 5.02 Å². The van der Waals surface area contributed by atoms with Crippen molar-refractivity contribution in [3.63, 3.8) is 0 Å². The van der Waals surface area contributed by atoms with Gasteiger partial charge in [-0.1, -0.05) is 66.2 Å². The Balaban J connectivity index is 1.26. The van der Waals surface area contributed by atoms with Crippen LogP contribution in [0.5, 0.6) is 11.5 Å². The fraction of sp³-hybridized carbons (Fsp3) is 0.0625. The summed E-state index contributed by atoms with van der Waals surface area (Å²) in [6.07, 6.45) is 1.35. The molecule has 210 valence electrons. The Kier molecular flexibility index (Phi) is 8.60. The second-order valence-electron chi connectivity index (χ2n) is 9.12. The zero-order valence-corrected chi connectivity index (χ0v) is 22.8. The standard InChI is InChI=1S/C32H24ClN3O6/c33-27-11-4-5-12-28(27)34-29(37)20-42-25-10-6-9-22(17-25)18-26-30(38)35-32(40)36(31(26)39)23-13-15-24(16-14-23)41-19-21-7-2-1-3-8-21/h1-18H,19-20H2,(H,34,37)(H,35,38,40)/b26-18-. The first-order valence-corrected chi connectivity index (χ1v) is 13.2. The van der Waals surface area contributed by atoms with E-state index in [-0.39, 0.29) is 17.9 Å². The second kappa shape index (κ2) is 12.8. The van der Waals surface area contributed by atoms with Gasteiger partial charge in [0.1, 0.15) is 23.7 Å². The minimum atomic E-state index is -0.860. The summed E-state index contributed by atoms with van der Waals surface area (Å²) in [5, 5.41) is 5.27. The number of imide groups is 2. The number of anilines is 2. The van der Waals surface area contributed by atoms with E-state index in [4.69, 9.17) is 21.1 Å². The number of ether oxygens (including phenoxy) is 2. The first kappa shape index (κ1) is 28.1. The lowest BCUT2D eigenvalue weighted by molar-refractivity contribution is -0.122. The lowest BCUT2D eigenvalue weighted by atomic mass is 10.1. The van der Waals surface area contributed by atoms with Gasteiger partial charge in [0.05, 0.1) is 16.4 Å². The quantitative estimate of drug-likeness (QED) is 0.196. The van der Waals surface area contributed by atoms with Crippen LogP contribution in [0.15, 0.2) is 109 Å². The molecule has 0 aliphatic carbocycles. The van der Waals surface area contributed by atoms with Crippen molar-refractivity contribution in [2.45, 2.75) is 6.61 Å². The number of carbonyl (C=O) groups excluding carboxylic acids is 4. The Morgan fingerprint density at radius 1 is 0.833 bits per heavy atom. The summed E-state index contributed by atoms with van der Waals surface area (Å²) in [4.78, 5) is 51.7. The van der Waals surface area contributed by atoms with Gasteiger partial charge < -0.3 is 14.8 Å². The minimum absolute atomic E-state index is 0.243. The fourth-order valence-electron chi connectivity index (χ4n) is 4.08. The van der Waals surface area contributed by atoms with Crippen molar-refractivity contribution in [1.29, 1.82) is 0 Å². The lowest BCUT2D eigenvalue weighted by Crippen LogP contribution is -2.54. The highest BCUT2D eigenvalue weighted by atomic mass is 35.5. The molecule has 10 heteroatoms. The first-order valence-electron chi connectivity index (χ1n) is 12.8. The summed E-state index contributed by atoms with van der Waals surface area (Å²) in [5.74, 6) is -1.14. The van der Waals surface area contributed by atoms with Crippen LogP contribution in [0.4, 0.5) is 16.2 Å². The summed E-state index contributed by atoms with van der Waals surface area (Å²) < 4.78 is 11.4. The van der Waals surface area contributed by atoms with Crippen molar-refractivity contribution < 1.29 is 28.7 Å². The predicted octanol–water partition coefficient (Wildman–Crippen LogP) is 5.60. The van der Waals surface area contributed by atoms with Crippen molar-refractivity contribution in [3.05, 3.63) is 125 Å². The highest BCUT2D eigenvalue weighted by molar-refractivity contribution is 6.39. The largest absolute Gasteiger partial charge is 0.489 e. The molecule has 1 fully saturated rings. The van der Waals surface area contributed by atoms with E-state index in [1.807, 2.05) is 30.3 Å². The zero-order chi connectivity index (χ0) is 29.5. The topological polar surface area (TPSA) is 114 Å². The van der Waals surface area contributed by atoms with Crippen LogP contribution in [-0.4, -0.2) is 30.4 Å². The summed E-state index contributed by atoms with van der Waals surface area (Å²) in [6, 6.07) is 28.5. The Labute approximate surface area is 246 Å². The van der Waals surface area contributed by atoms with Gasteiger partial charge in [0.2, 0.25) is 0 Å². The Morgan fingerprint density at radius 2 is 1.57 bits per heavy atom. The summed E-state index contributed by atoms with van der Waals surface area (Å²) >= 11 is 6.07. The van der Waals surface area contributed by atoms with Crippen molar-refractivity contribution in [2.75, 3.05) is 16.8 Å². The third-order valence-corrected chi connectivity index (χ3v) is 6.46. The molecule has 42 heavy (non-hydrogen) atoms. The average Bonchev–Trinajstić information content (AvgIpc) is 3.00. The van der Waals surface area contributed by atoms with E-state index in [1.165, 1.54) is 6.08 Å². The maximum atomic E-state index is 13.3. The molecule has 5 amide bonds. The molecule has 5 rings (SSSR count). The smallest absolute Gasteiger partial charge is 0.335 e. The predicted molar refractivity (Wildman–Crippen MR) is 158 cm³/mol. The van der Waals surface area contributed by atoms with Crippen LogP contribution in [-0.2, 0) is 21.0 Å². The van der Waals surface area contributed by atoms with Gasteiger partial charge in [0.25, 0.3) is 17.7 Å². The SMILES string of the molecule is O=C(COc1cccc(/C=C2/C(=O)NC(=O)N(c3ccc(OCc4ccccc4)cc3)C2=O)c1)Nc1ccccc1Cl. The molecule has 4 aromatic rings. The molecule has 4 aromatic carbocycles. The molecule has 1 aliphatic heterocycles. The molecule has 0 spiro atoms. The summed E-state index contributed by atoms with van der Waals surface area (Å²) in [7, 11) is 0. The molecule has 0 radical (unpaired) electrons. The molecule has 1 aliphatic rings. The Morgan fingerprint density at radius 3 is 2.33 bits per heavy atom. The number of hydrogen-bond donors (Lipinski definition) is 2. The van der Waals surface area contributed by atoms with E-state index in [2.05, 4.69) is 10.6 Å². The number of amides is 5. The summed E-state index contributed by atoms with van der Waals surface area (Å²) in [5.41, 5.74) is 1.94. The van der Waals surface area contributed by atoms with Crippen LogP contribution in [0.3, 0.4) is 0 Å². The van der Waals surface area contributed by atoms with E-state index >= 15 is 0 Å². The molecule has 1 saturated heterocycles. The maximum absolute atomic E-state index is 13.3. The maximum Gasteiger partial charge on any atom is 0.335 e. The van der Waals surface area contributed by atoms with Gasteiger partial charge in [-0.3, -0.25) is 19.7 Å². The van der Waals surface area contributed by atoms with Crippen molar-refractivity contribution >= 4 is 52.8 Å². The van der Waals surface area contributed by atoms with E-state index in [0.29, 0.717) is 34.4 Å². The molecule has 0 bridgehead atoms. The highest BCUT2D eigenvalue weighted by Crippen LogP contribution is 2.26. The Hall–Kier alpha value is -5.41. The van der Waals surface area contributed by atoms with Crippen molar-refractivity contribution in [3.8, 4) is 11.5 Å². The molecule has 0 aromatic heterocycles. The van der Waals surface area contributed by atoms with Crippen LogP contribution in [0.1, 0.15) is 11.1 Å². The molecule has 0 unspecified atom stereocenters. The number of urea groups is 1. The van der Waals surface area contributed by atoms with Crippen LogP contribution in [0.25, 0.3) is 6.08 Å². The molecule has 0 saturated carbocycles. The minimum Gasteiger partial charge on any atom is -0.489 e. The molecular weight excluding hydrogens is 558 g/mol. The van der Waals surface area contributed by atoms with Gasteiger partial charge in [-0.15, -0.1) is 0 Å². The number of carbonyl (C=O) groups is 4. The van der Waals surface area contributed by atoms with Gasteiger partial charge in [-0.05, 0) is 65.7 Å². The molecule has 2 N–H and O–H groups in total. The number of rotatable bonds is 9. The zero-order valence-electron chi connectivity index (χ0n) is 22.1. The number of nitrogens with one attached hydrogen (secondary N) is 2. The van der Waals surface area contributed by atoms with E-state index in [9.17, 15) is 19.2 Å². The number of barbiturate groups is 1. The Bertz CT molecular complexity index is 1670. The van der Waals surface area contributed by atoms with Crippen LogP contribution < -0.4 is 25.0 Å². The van der Waals surface area contributed by atoms with Gasteiger partial charge in [-0.2, -0.15) is 0 Å². The third kappa shape index (κ3) is 6.83. The van der Waals surface area contributed by atoms with E-state index < -0.39 is 23.8 Å². The monoisotopic (exact) mass is 581 g/mol. The van der Waals surface area contributed by atoms with Gasteiger partial charge in [-0.25, -0.2) is 9.69 Å². The van der Waals surface area contributed by atoms with E-state index in [0.717, 1.165) is 10.5 Å². The van der Waals surface area contributed by atoms with Gasteiger partial charge in [0.15, 0.2) is 6.61 Å². The molecule has 0 atom stereocenters. The van der Waals surface area contributed by atoms with Gasteiger partial charge in [0, 0.05) is 0 Å². The first-order chi connectivity index (χ1) is 20.4. The molecular formula is C32H24ClN3O6. The fourth-order valence-corrected chi connectivity index (χ4v) is 4.27. The second-order valence-corrected chi connectivity index (χ2v) is 9.52. The average molecular weight is 582 g/mol. The number of benzene rings is 4. The number of para-hydroxylation sites is 1.